The van der Waals surface area contributed by atoms with Crippen LogP contribution in [0.4, 0.5) is 8.78 Å². The molecule has 6 heteroatoms. The van der Waals surface area contributed by atoms with E-state index in [2.05, 4.69) is 16.9 Å². The number of aliphatic hydroxyl groups excluding tert-OH is 1. The van der Waals surface area contributed by atoms with Crippen LogP contribution >= 0.6 is 0 Å². The van der Waals surface area contributed by atoms with E-state index in [-0.39, 0.29) is 17.5 Å². The predicted octanol–water partition coefficient (Wildman–Crippen LogP) is 7.43. The minimum absolute atomic E-state index is 0.0555. The number of hydrogen-bond donors (Lipinski definition) is 1. The lowest BCUT2D eigenvalue weighted by Crippen LogP contribution is -2.02. The molecule has 2 aromatic rings. The van der Waals surface area contributed by atoms with Gasteiger partial charge in [-0.25, -0.2) is 18.7 Å². The molecule has 1 aromatic carbocycles. The van der Waals surface area contributed by atoms with Crippen LogP contribution in [0.25, 0.3) is 11.4 Å². The Morgan fingerprint density at radius 3 is 2.15 bits per heavy atom. The van der Waals surface area contributed by atoms with Gasteiger partial charge in [-0.15, -0.1) is 0 Å². The zero-order valence-corrected chi connectivity index (χ0v) is 20.3. The van der Waals surface area contributed by atoms with Crippen molar-refractivity contribution < 1.29 is 18.6 Å². The van der Waals surface area contributed by atoms with Crippen LogP contribution in [-0.4, -0.2) is 27.8 Å². The predicted molar refractivity (Wildman–Crippen MR) is 129 cm³/mol. The number of aliphatic hydroxyl groups is 1. The summed E-state index contributed by atoms with van der Waals surface area (Å²) in [5.41, 5.74) is 0.415. The summed E-state index contributed by atoms with van der Waals surface area (Å²) in [5.74, 6) is -1.06. The highest BCUT2D eigenvalue weighted by molar-refractivity contribution is 5.57. The van der Waals surface area contributed by atoms with Crippen molar-refractivity contribution in [2.45, 2.75) is 103 Å². The molecule has 0 fully saturated rings. The number of unbranched alkanes of at least 4 members (excludes halogenated alkanes) is 9. The van der Waals surface area contributed by atoms with Gasteiger partial charge in [-0.2, -0.15) is 0 Å². The number of ether oxygens (including phenoxy) is 1. The summed E-state index contributed by atoms with van der Waals surface area (Å²) in [6.45, 7) is 4.59. The molecule has 1 unspecified atom stereocenters. The molecule has 1 heterocycles. The van der Waals surface area contributed by atoms with Gasteiger partial charge in [0.2, 0.25) is 0 Å². The molecule has 4 nitrogen and oxygen atoms in total. The van der Waals surface area contributed by atoms with E-state index in [0.717, 1.165) is 38.5 Å². The highest BCUT2D eigenvalue weighted by Crippen LogP contribution is 2.25. The molecule has 184 valence electrons. The first-order valence-corrected chi connectivity index (χ1v) is 12.6. The van der Waals surface area contributed by atoms with Crippen molar-refractivity contribution in [2.24, 2.45) is 0 Å². The van der Waals surface area contributed by atoms with Crippen molar-refractivity contribution in [3.8, 4) is 17.1 Å². The van der Waals surface area contributed by atoms with Gasteiger partial charge in [0.25, 0.3) is 0 Å². The molecule has 0 saturated carbocycles. The molecule has 1 atom stereocenters. The molecule has 0 spiro atoms. The summed E-state index contributed by atoms with van der Waals surface area (Å²) in [6, 6.07) is 3.15. The number of halogens is 2. The zero-order valence-electron chi connectivity index (χ0n) is 20.3. The maximum atomic E-state index is 14.6. The molecule has 33 heavy (non-hydrogen) atoms. The summed E-state index contributed by atoms with van der Waals surface area (Å²) in [6.07, 6.45) is 16.3. The quantitative estimate of drug-likeness (QED) is 0.248. The first-order chi connectivity index (χ1) is 16.0. The SMILES string of the molecule is CCCCCCCCCCOc1cnc(-c2ccc(CCCCCC(C)O)c(F)c2F)nc1. The molecule has 1 N–H and O–H groups in total. The number of aromatic nitrogens is 2. The molecule has 1 aromatic heterocycles. The molecule has 0 aliphatic rings. The number of rotatable bonds is 17. The van der Waals surface area contributed by atoms with Crippen molar-refractivity contribution >= 4 is 0 Å². The third kappa shape index (κ3) is 10.2. The van der Waals surface area contributed by atoms with Crippen molar-refractivity contribution in [3.63, 3.8) is 0 Å². The van der Waals surface area contributed by atoms with Crippen LogP contribution in [-0.2, 0) is 6.42 Å². The number of hydrogen-bond acceptors (Lipinski definition) is 4. The largest absolute Gasteiger partial charge is 0.490 e. The van der Waals surface area contributed by atoms with Gasteiger partial charge >= 0.3 is 0 Å². The lowest BCUT2D eigenvalue weighted by Gasteiger charge is -2.09. The number of nitrogens with zero attached hydrogens (tertiary/aromatic N) is 2. The lowest BCUT2D eigenvalue weighted by atomic mass is 10.0. The third-order valence-corrected chi connectivity index (χ3v) is 5.87. The molecule has 0 amide bonds. The van der Waals surface area contributed by atoms with Gasteiger partial charge in [0.05, 0.1) is 30.7 Å². The molecule has 0 aliphatic heterocycles. The Bertz CT molecular complexity index is 797. The lowest BCUT2D eigenvalue weighted by molar-refractivity contribution is 0.180. The maximum Gasteiger partial charge on any atom is 0.170 e. The Morgan fingerprint density at radius 2 is 1.48 bits per heavy atom. The highest BCUT2D eigenvalue weighted by atomic mass is 19.2. The summed E-state index contributed by atoms with van der Waals surface area (Å²) < 4.78 is 34.8. The van der Waals surface area contributed by atoms with Gasteiger partial charge in [-0.3, -0.25) is 0 Å². The Morgan fingerprint density at radius 1 is 0.848 bits per heavy atom. The zero-order chi connectivity index (χ0) is 23.9. The van der Waals surface area contributed by atoms with Gasteiger partial charge in [0.1, 0.15) is 0 Å². The Balaban J connectivity index is 1.77. The Kier molecular flexibility index (Phi) is 12.9. The fourth-order valence-corrected chi connectivity index (χ4v) is 3.84. The second kappa shape index (κ2) is 15.7. The van der Waals surface area contributed by atoms with Crippen molar-refractivity contribution in [3.05, 3.63) is 41.7 Å². The van der Waals surface area contributed by atoms with Crippen molar-refractivity contribution in [2.75, 3.05) is 6.61 Å². The van der Waals surface area contributed by atoms with Crippen LogP contribution in [0.2, 0.25) is 0 Å². The van der Waals surface area contributed by atoms with Crippen molar-refractivity contribution in [1.29, 1.82) is 0 Å². The molecule has 2 rings (SSSR count). The number of aryl methyl sites for hydroxylation is 1. The van der Waals surface area contributed by atoms with Gasteiger partial charge in [-0.05, 0) is 44.2 Å². The van der Waals surface area contributed by atoms with Crippen LogP contribution in [0, 0.1) is 11.6 Å². The van der Waals surface area contributed by atoms with E-state index in [9.17, 15) is 13.9 Å². The van der Waals surface area contributed by atoms with E-state index in [4.69, 9.17) is 4.74 Å². The smallest absolute Gasteiger partial charge is 0.170 e. The standard InChI is InChI=1S/C27H40F2N2O2/c1-3-4-5-6-7-8-9-13-18-33-23-19-30-27(31-20-23)24-17-16-22(25(28)26(24)29)15-12-10-11-14-21(2)32/h16-17,19-21,32H,3-15,18H2,1-2H3. The second-order valence-corrected chi connectivity index (χ2v) is 8.91. The third-order valence-electron chi connectivity index (χ3n) is 5.87. The molecule has 0 aliphatic carbocycles. The molecule has 0 bridgehead atoms. The number of benzene rings is 1. The second-order valence-electron chi connectivity index (χ2n) is 8.91. The van der Waals surface area contributed by atoms with Crippen LogP contribution < -0.4 is 4.74 Å². The van der Waals surface area contributed by atoms with E-state index < -0.39 is 11.6 Å². The Labute approximate surface area is 197 Å². The topological polar surface area (TPSA) is 55.2 Å². The molecule has 0 saturated heterocycles. The van der Waals surface area contributed by atoms with Gasteiger partial charge in [0, 0.05) is 0 Å². The molecular formula is C27H40F2N2O2. The minimum Gasteiger partial charge on any atom is -0.490 e. The van der Waals surface area contributed by atoms with Crippen LogP contribution in [0.3, 0.4) is 0 Å². The fraction of sp³-hybridized carbons (Fsp3) is 0.630. The summed E-state index contributed by atoms with van der Waals surface area (Å²) >= 11 is 0. The van der Waals surface area contributed by atoms with E-state index >= 15 is 0 Å². The normalized spacial score (nSPS) is 12.2. The van der Waals surface area contributed by atoms with E-state index in [1.54, 1.807) is 19.1 Å². The molecular weight excluding hydrogens is 422 g/mol. The highest BCUT2D eigenvalue weighted by Gasteiger charge is 2.16. The fourth-order valence-electron chi connectivity index (χ4n) is 3.84. The van der Waals surface area contributed by atoms with E-state index in [0.29, 0.717) is 24.3 Å². The average molecular weight is 463 g/mol. The van der Waals surface area contributed by atoms with Crippen LogP contribution in [0.1, 0.15) is 96.5 Å². The maximum absolute atomic E-state index is 14.6. The summed E-state index contributed by atoms with van der Waals surface area (Å²) in [5, 5.41) is 9.28. The first-order valence-electron chi connectivity index (χ1n) is 12.6. The van der Waals surface area contributed by atoms with Crippen LogP contribution in [0.5, 0.6) is 5.75 Å². The van der Waals surface area contributed by atoms with Gasteiger partial charge in [-0.1, -0.05) is 70.8 Å². The van der Waals surface area contributed by atoms with Gasteiger partial charge < -0.3 is 9.84 Å². The van der Waals surface area contributed by atoms with E-state index in [1.807, 2.05) is 0 Å². The summed E-state index contributed by atoms with van der Waals surface area (Å²) in [4.78, 5) is 8.35. The Hall–Kier alpha value is -2.08. The van der Waals surface area contributed by atoms with Crippen molar-refractivity contribution in [1.82, 2.24) is 9.97 Å². The minimum atomic E-state index is -0.913. The summed E-state index contributed by atoms with van der Waals surface area (Å²) in [7, 11) is 0. The monoisotopic (exact) mass is 462 g/mol. The van der Waals surface area contributed by atoms with Crippen LogP contribution in [0.15, 0.2) is 24.5 Å². The first kappa shape index (κ1) is 27.2. The molecule has 0 radical (unpaired) electrons. The van der Waals surface area contributed by atoms with Gasteiger partial charge in [0.15, 0.2) is 23.2 Å². The average Bonchev–Trinajstić information content (AvgIpc) is 2.81. The van der Waals surface area contributed by atoms with E-state index in [1.165, 1.54) is 50.9 Å².